The highest BCUT2D eigenvalue weighted by Crippen LogP contribution is 2.25. The summed E-state index contributed by atoms with van der Waals surface area (Å²) in [6, 6.07) is 1.53. The second kappa shape index (κ2) is 8.36. The fourth-order valence-corrected chi connectivity index (χ4v) is 2.62. The van der Waals surface area contributed by atoms with Crippen LogP contribution in [-0.2, 0) is 20.8 Å². The van der Waals surface area contributed by atoms with E-state index in [1.54, 1.807) is 41.5 Å². The van der Waals surface area contributed by atoms with Crippen LogP contribution in [0.1, 0.15) is 47.2 Å². The minimum atomic E-state index is -0.876. The fraction of sp³-hybridized carbons (Fsp3) is 0.500. The van der Waals surface area contributed by atoms with Gasteiger partial charge in [-0.05, 0) is 63.5 Å². The maximum atomic E-state index is 12.4. The van der Waals surface area contributed by atoms with E-state index in [2.05, 4.69) is 36.4 Å². The molecule has 2 N–H and O–H groups in total. The van der Waals surface area contributed by atoms with Gasteiger partial charge < -0.3 is 14.2 Å². The molecule has 0 aliphatic rings. The van der Waals surface area contributed by atoms with Crippen molar-refractivity contribution in [3.63, 3.8) is 0 Å². The zero-order valence-corrected chi connectivity index (χ0v) is 18.6. The third-order valence-corrected chi connectivity index (χ3v) is 3.56. The fourth-order valence-electron chi connectivity index (χ4n) is 2.21. The lowest BCUT2D eigenvalue weighted by atomic mass is 10.2. The van der Waals surface area contributed by atoms with Crippen LogP contribution in [0.3, 0.4) is 0 Å². The van der Waals surface area contributed by atoms with Gasteiger partial charge in [0.15, 0.2) is 0 Å². The maximum Gasteiger partial charge on any atom is 0.509 e. The van der Waals surface area contributed by atoms with Crippen LogP contribution in [0.4, 0.5) is 15.4 Å². The van der Waals surface area contributed by atoms with Gasteiger partial charge in [0, 0.05) is 5.39 Å². The molecule has 0 atom stereocenters. The molecule has 0 aliphatic carbocycles. The molecule has 0 radical (unpaired) electrons. The highest BCUT2D eigenvalue weighted by molar-refractivity contribution is 9.10. The molecule has 2 aromatic rings. The normalized spacial score (nSPS) is 11.8. The number of pyridine rings is 1. The van der Waals surface area contributed by atoms with E-state index < -0.39 is 29.0 Å². The van der Waals surface area contributed by atoms with E-state index in [4.69, 9.17) is 14.2 Å². The van der Waals surface area contributed by atoms with Gasteiger partial charge in [0.05, 0.1) is 5.39 Å². The summed E-state index contributed by atoms with van der Waals surface area (Å²) in [5.41, 5.74) is -1.77. The van der Waals surface area contributed by atoms with Crippen molar-refractivity contribution >= 4 is 44.8 Å². The quantitative estimate of drug-likeness (QED) is 0.509. The topological polar surface area (TPSA) is 132 Å². The molecule has 0 spiro atoms. The van der Waals surface area contributed by atoms with Crippen molar-refractivity contribution in [3.05, 3.63) is 26.7 Å². The number of aromatic nitrogens is 3. The number of carbonyl (C=O) groups is 2. The lowest BCUT2D eigenvalue weighted by Gasteiger charge is -2.20. The van der Waals surface area contributed by atoms with E-state index in [1.165, 1.54) is 6.07 Å². The molecule has 0 fully saturated rings. The lowest BCUT2D eigenvalue weighted by Crippen LogP contribution is -2.28. The van der Waals surface area contributed by atoms with Crippen molar-refractivity contribution in [1.82, 2.24) is 15.2 Å². The molecule has 0 saturated carbocycles. The molecule has 158 valence electrons. The molecule has 10 nitrogen and oxygen atoms in total. The number of aromatic amines is 1. The summed E-state index contributed by atoms with van der Waals surface area (Å²) >= 11 is 3.24. The number of anilines is 1. The van der Waals surface area contributed by atoms with E-state index >= 15 is 0 Å². The standard InChI is InChI=1S/C18H23BrN4O6/c1-17(2,3)28-15(25)21-13-12-9(7-11(19)20-13)10(22-23-14(12)24)8-27-16(26)29-18(4,5)6/h7H,8H2,1-6H3,(H,23,24)(H,20,21,25). The summed E-state index contributed by atoms with van der Waals surface area (Å²) in [5, 5.41) is 9.11. The summed E-state index contributed by atoms with van der Waals surface area (Å²) < 4.78 is 15.7. The number of rotatable bonds is 3. The Morgan fingerprint density at radius 3 is 2.34 bits per heavy atom. The van der Waals surface area contributed by atoms with Gasteiger partial charge in [-0.25, -0.2) is 19.7 Å². The molecule has 0 unspecified atom stereocenters. The van der Waals surface area contributed by atoms with Gasteiger partial charge in [-0.2, -0.15) is 5.10 Å². The van der Waals surface area contributed by atoms with E-state index in [0.717, 1.165) is 0 Å². The second-order valence-corrected chi connectivity index (χ2v) is 8.91. The van der Waals surface area contributed by atoms with Crippen LogP contribution >= 0.6 is 15.9 Å². The maximum absolute atomic E-state index is 12.4. The van der Waals surface area contributed by atoms with Crippen LogP contribution in [0.5, 0.6) is 0 Å². The Morgan fingerprint density at radius 1 is 1.14 bits per heavy atom. The van der Waals surface area contributed by atoms with Gasteiger partial charge in [0.2, 0.25) is 0 Å². The predicted octanol–water partition coefficient (Wildman–Crippen LogP) is 3.88. The van der Waals surface area contributed by atoms with Crippen LogP contribution < -0.4 is 10.9 Å². The molecule has 2 heterocycles. The van der Waals surface area contributed by atoms with E-state index in [-0.39, 0.29) is 23.5 Å². The zero-order chi connectivity index (χ0) is 22.0. The SMILES string of the molecule is CC(C)(C)OC(=O)Nc1nc(Br)cc2c(COC(=O)OC(C)(C)C)n[nH]c(=O)c12. The Balaban J connectivity index is 2.37. The predicted molar refractivity (Wildman–Crippen MR) is 109 cm³/mol. The number of hydrogen-bond acceptors (Lipinski definition) is 8. The Morgan fingerprint density at radius 2 is 1.76 bits per heavy atom. The van der Waals surface area contributed by atoms with E-state index in [9.17, 15) is 14.4 Å². The number of amides is 1. The number of halogens is 1. The smallest absolute Gasteiger partial charge is 0.444 e. The van der Waals surface area contributed by atoms with Crippen molar-refractivity contribution in [2.45, 2.75) is 59.4 Å². The molecule has 29 heavy (non-hydrogen) atoms. The Labute approximate surface area is 175 Å². The molecule has 0 saturated heterocycles. The van der Waals surface area contributed by atoms with Gasteiger partial charge in [-0.3, -0.25) is 10.1 Å². The third-order valence-electron chi connectivity index (χ3n) is 3.15. The number of carbonyl (C=O) groups excluding carboxylic acids is 2. The minimum Gasteiger partial charge on any atom is -0.444 e. The van der Waals surface area contributed by atoms with Crippen molar-refractivity contribution in [3.8, 4) is 0 Å². The second-order valence-electron chi connectivity index (χ2n) is 8.10. The van der Waals surface area contributed by atoms with Crippen molar-refractivity contribution in [1.29, 1.82) is 0 Å². The number of nitrogens with zero attached hydrogens (tertiary/aromatic N) is 2. The third kappa shape index (κ3) is 6.70. The highest BCUT2D eigenvalue weighted by Gasteiger charge is 2.21. The average molecular weight is 471 g/mol. The Bertz CT molecular complexity index is 991. The molecule has 2 rings (SSSR count). The lowest BCUT2D eigenvalue weighted by molar-refractivity contribution is -0.0112. The molecule has 1 amide bonds. The van der Waals surface area contributed by atoms with Gasteiger partial charge in [0.25, 0.3) is 5.56 Å². The first kappa shape index (κ1) is 22.6. The molecular formula is C18H23BrN4O6. The summed E-state index contributed by atoms with van der Waals surface area (Å²) in [6.07, 6.45) is -1.65. The van der Waals surface area contributed by atoms with Crippen molar-refractivity contribution in [2.24, 2.45) is 0 Å². The molecule has 11 heteroatoms. The zero-order valence-electron chi connectivity index (χ0n) is 17.0. The van der Waals surface area contributed by atoms with Crippen molar-refractivity contribution in [2.75, 3.05) is 5.32 Å². The average Bonchev–Trinajstić information content (AvgIpc) is 2.50. The summed E-state index contributed by atoms with van der Waals surface area (Å²) in [4.78, 5) is 40.4. The minimum absolute atomic E-state index is 0.0224. The van der Waals surface area contributed by atoms with Gasteiger partial charge >= 0.3 is 12.2 Å². The number of nitrogens with one attached hydrogen (secondary N) is 2. The first-order chi connectivity index (χ1) is 13.2. The number of ether oxygens (including phenoxy) is 3. The van der Waals surface area contributed by atoms with Crippen LogP contribution in [0.2, 0.25) is 0 Å². The first-order valence-corrected chi connectivity index (χ1v) is 9.48. The van der Waals surface area contributed by atoms with Crippen molar-refractivity contribution < 1.29 is 23.8 Å². The van der Waals surface area contributed by atoms with Crippen LogP contribution in [0, 0.1) is 0 Å². The van der Waals surface area contributed by atoms with E-state index in [1.807, 2.05) is 0 Å². The monoisotopic (exact) mass is 470 g/mol. The molecular weight excluding hydrogens is 448 g/mol. The summed E-state index contributed by atoms with van der Waals surface area (Å²) in [5.74, 6) is -0.0224. The first-order valence-electron chi connectivity index (χ1n) is 8.69. The largest absolute Gasteiger partial charge is 0.509 e. The molecule has 0 aromatic carbocycles. The Hall–Kier alpha value is -2.69. The molecule has 2 aromatic heterocycles. The number of fused-ring (bicyclic) bond motifs is 1. The molecule has 0 bridgehead atoms. The van der Waals surface area contributed by atoms with E-state index in [0.29, 0.717) is 9.99 Å². The number of hydrogen-bond donors (Lipinski definition) is 2. The summed E-state index contributed by atoms with van der Waals surface area (Å²) in [6.45, 7) is 9.99. The highest BCUT2D eigenvalue weighted by atomic mass is 79.9. The van der Waals surface area contributed by atoms with Gasteiger partial charge in [-0.1, -0.05) is 0 Å². The number of H-pyrrole nitrogens is 1. The summed E-state index contributed by atoms with van der Waals surface area (Å²) in [7, 11) is 0. The molecule has 0 aliphatic heterocycles. The van der Waals surface area contributed by atoms with Gasteiger partial charge in [-0.15, -0.1) is 0 Å². The Kier molecular flexibility index (Phi) is 6.51. The van der Waals surface area contributed by atoms with Crippen LogP contribution in [-0.4, -0.2) is 38.6 Å². The van der Waals surface area contributed by atoms with Gasteiger partial charge in [0.1, 0.15) is 33.9 Å². The van der Waals surface area contributed by atoms with Crippen LogP contribution in [0.15, 0.2) is 15.5 Å². The van der Waals surface area contributed by atoms with Crippen LogP contribution in [0.25, 0.3) is 10.8 Å².